The number of nitrogens with one attached hydrogen (secondary N) is 1. The first-order valence-electron chi connectivity index (χ1n) is 5.64. The Bertz CT molecular complexity index is 575. The third-order valence-corrected chi connectivity index (χ3v) is 3.54. The Hall–Kier alpha value is -1.30. The number of benzene rings is 1. The smallest absolute Gasteiger partial charge is 0.202 e. The normalized spacial score (nSPS) is 10.4. The van der Waals surface area contributed by atoms with Gasteiger partial charge in [-0.2, -0.15) is 0 Å². The Labute approximate surface area is 120 Å². The van der Waals surface area contributed by atoms with Crippen LogP contribution in [0.1, 0.15) is 21.7 Å². The van der Waals surface area contributed by atoms with Crippen molar-refractivity contribution < 1.29 is 9.53 Å². The zero-order chi connectivity index (χ0) is 13.1. The van der Waals surface area contributed by atoms with Crippen LogP contribution < -0.4 is 4.74 Å². The van der Waals surface area contributed by atoms with E-state index in [1.165, 1.54) is 0 Å². The van der Waals surface area contributed by atoms with E-state index in [2.05, 4.69) is 27.6 Å². The third-order valence-electron chi connectivity index (χ3n) is 2.65. The molecule has 0 bridgehead atoms. The van der Waals surface area contributed by atoms with Crippen LogP contribution in [0.15, 0.2) is 30.3 Å². The van der Waals surface area contributed by atoms with Gasteiger partial charge < -0.3 is 9.72 Å². The molecule has 0 saturated carbocycles. The molecule has 0 radical (unpaired) electrons. The second kappa shape index (κ2) is 5.56. The maximum Gasteiger partial charge on any atom is 0.202 e. The Balaban J connectivity index is 2.05. The summed E-state index contributed by atoms with van der Waals surface area (Å²) in [4.78, 5) is 15.1. The van der Waals surface area contributed by atoms with Crippen molar-refractivity contribution in [3.05, 3.63) is 50.9 Å². The molecule has 0 amide bonds. The van der Waals surface area contributed by atoms with Crippen molar-refractivity contribution in [3.63, 3.8) is 0 Å². The number of ether oxygens (including phenoxy) is 1. The van der Waals surface area contributed by atoms with Gasteiger partial charge in [0.15, 0.2) is 6.61 Å². The van der Waals surface area contributed by atoms with E-state index in [-0.39, 0.29) is 12.4 Å². The largest absolute Gasteiger partial charge is 0.484 e. The van der Waals surface area contributed by atoms with E-state index in [4.69, 9.17) is 4.74 Å². The fourth-order valence-corrected chi connectivity index (χ4v) is 2.34. The number of aromatic amines is 1. The van der Waals surface area contributed by atoms with Crippen molar-refractivity contribution in [1.29, 1.82) is 0 Å². The number of carbonyl (C=O) groups is 1. The predicted octanol–water partition coefficient (Wildman–Crippen LogP) is 3.50. The molecule has 0 saturated heterocycles. The van der Waals surface area contributed by atoms with Crippen LogP contribution >= 0.6 is 22.6 Å². The lowest BCUT2D eigenvalue weighted by molar-refractivity contribution is 0.0920. The van der Waals surface area contributed by atoms with E-state index in [0.717, 1.165) is 20.7 Å². The Morgan fingerprint density at radius 1 is 1.33 bits per heavy atom. The number of para-hydroxylation sites is 1. The summed E-state index contributed by atoms with van der Waals surface area (Å²) in [5.74, 6) is 0.743. The first kappa shape index (κ1) is 13.1. The maximum absolute atomic E-state index is 12.0. The number of hydrogen-bond acceptors (Lipinski definition) is 2. The van der Waals surface area contributed by atoms with Crippen LogP contribution in [0.2, 0.25) is 0 Å². The molecule has 0 spiro atoms. The van der Waals surface area contributed by atoms with Crippen LogP contribution in [0.25, 0.3) is 0 Å². The zero-order valence-electron chi connectivity index (χ0n) is 10.3. The van der Waals surface area contributed by atoms with Crippen molar-refractivity contribution in [3.8, 4) is 5.75 Å². The van der Waals surface area contributed by atoms with Crippen LogP contribution in [0, 0.1) is 17.4 Å². The number of Topliss-reactive ketones (excluding diaryl/α,β-unsaturated/α-hetero) is 1. The molecule has 18 heavy (non-hydrogen) atoms. The highest BCUT2D eigenvalue weighted by molar-refractivity contribution is 14.1. The number of H-pyrrole nitrogens is 1. The van der Waals surface area contributed by atoms with E-state index in [1.54, 1.807) is 0 Å². The van der Waals surface area contributed by atoms with E-state index >= 15 is 0 Å². The molecule has 1 heterocycles. The molecule has 0 aliphatic heterocycles. The van der Waals surface area contributed by atoms with Crippen molar-refractivity contribution in [2.75, 3.05) is 6.61 Å². The number of halogens is 1. The number of aromatic nitrogens is 1. The van der Waals surface area contributed by atoms with Gasteiger partial charge in [-0.3, -0.25) is 4.79 Å². The molecule has 2 rings (SSSR count). The SMILES string of the molecule is Cc1cc(C(=O)COc2ccccc2I)c(C)[nH]1. The monoisotopic (exact) mass is 355 g/mol. The van der Waals surface area contributed by atoms with Crippen molar-refractivity contribution in [2.45, 2.75) is 13.8 Å². The molecule has 2 aromatic rings. The van der Waals surface area contributed by atoms with Gasteiger partial charge in [-0.1, -0.05) is 12.1 Å². The van der Waals surface area contributed by atoms with Gasteiger partial charge in [-0.15, -0.1) is 0 Å². The fourth-order valence-electron chi connectivity index (χ4n) is 1.80. The molecule has 1 aromatic heterocycles. The number of rotatable bonds is 4. The molecule has 0 aliphatic rings. The van der Waals surface area contributed by atoms with Crippen LogP contribution in [0.5, 0.6) is 5.75 Å². The summed E-state index contributed by atoms with van der Waals surface area (Å²) in [7, 11) is 0. The first-order valence-corrected chi connectivity index (χ1v) is 6.72. The summed E-state index contributed by atoms with van der Waals surface area (Å²) in [6.07, 6.45) is 0. The highest BCUT2D eigenvalue weighted by Gasteiger charge is 2.12. The average molecular weight is 355 g/mol. The Kier molecular flexibility index (Phi) is 4.06. The van der Waals surface area contributed by atoms with Gasteiger partial charge in [0.2, 0.25) is 5.78 Å². The number of aryl methyl sites for hydroxylation is 2. The lowest BCUT2D eigenvalue weighted by Gasteiger charge is -2.06. The topological polar surface area (TPSA) is 42.1 Å². The first-order chi connectivity index (χ1) is 8.58. The van der Waals surface area contributed by atoms with Gasteiger partial charge in [0.25, 0.3) is 0 Å². The number of hydrogen-bond donors (Lipinski definition) is 1. The van der Waals surface area contributed by atoms with Crippen LogP contribution in [0.4, 0.5) is 0 Å². The van der Waals surface area contributed by atoms with Crippen molar-refractivity contribution in [2.24, 2.45) is 0 Å². The lowest BCUT2D eigenvalue weighted by Crippen LogP contribution is -2.12. The van der Waals surface area contributed by atoms with E-state index in [9.17, 15) is 4.79 Å². The Morgan fingerprint density at radius 2 is 2.06 bits per heavy atom. The predicted molar refractivity (Wildman–Crippen MR) is 79.3 cm³/mol. The summed E-state index contributed by atoms with van der Waals surface area (Å²) in [6.45, 7) is 3.90. The summed E-state index contributed by atoms with van der Waals surface area (Å²) in [5, 5.41) is 0. The minimum Gasteiger partial charge on any atom is -0.484 e. The number of carbonyl (C=O) groups excluding carboxylic acids is 1. The van der Waals surface area contributed by atoms with E-state index < -0.39 is 0 Å². The lowest BCUT2D eigenvalue weighted by atomic mass is 10.1. The van der Waals surface area contributed by atoms with Crippen LogP contribution in [-0.4, -0.2) is 17.4 Å². The molecular weight excluding hydrogens is 341 g/mol. The molecule has 0 aliphatic carbocycles. The van der Waals surface area contributed by atoms with Gasteiger partial charge in [-0.25, -0.2) is 0 Å². The fraction of sp³-hybridized carbons (Fsp3) is 0.214. The molecule has 3 nitrogen and oxygen atoms in total. The standard InChI is InChI=1S/C14H14INO2/c1-9-7-11(10(2)16-9)13(17)8-18-14-6-4-3-5-12(14)15/h3-7,16H,8H2,1-2H3. The van der Waals surface area contributed by atoms with Gasteiger partial charge in [0, 0.05) is 17.0 Å². The molecular formula is C14H14INO2. The zero-order valence-corrected chi connectivity index (χ0v) is 12.4. The number of ketones is 1. The summed E-state index contributed by atoms with van der Waals surface area (Å²) in [5.41, 5.74) is 2.59. The summed E-state index contributed by atoms with van der Waals surface area (Å²) >= 11 is 2.19. The van der Waals surface area contributed by atoms with Crippen molar-refractivity contribution >= 4 is 28.4 Å². The van der Waals surface area contributed by atoms with Crippen LogP contribution in [0.3, 0.4) is 0 Å². The highest BCUT2D eigenvalue weighted by atomic mass is 127. The minimum atomic E-state index is -0.00324. The minimum absolute atomic E-state index is 0.00324. The van der Waals surface area contributed by atoms with Crippen molar-refractivity contribution in [1.82, 2.24) is 4.98 Å². The van der Waals surface area contributed by atoms with Gasteiger partial charge in [-0.05, 0) is 54.6 Å². The molecule has 1 aromatic carbocycles. The molecule has 0 unspecified atom stereocenters. The molecule has 4 heteroatoms. The maximum atomic E-state index is 12.0. The average Bonchev–Trinajstić information content (AvgIpc) is 2.67. The molecule has 94 valence electrons. The van der Waals surface area contributed by atoms with Gasteiger partial charge >= 0.3 is 0 Å². The Morgan fingerprint density at radius 3 is 2.67 bits per heavy atom. The second-order valence-corrected chi connectivity index (χ2v) is 5.30. The molecule has 0 fully saturated rings. The van der Waals surface area contributed by atoms with Gasteiger partial charge in [0.1, 0.15) is 5.75 Å². The van der Waals surface area contributed by atoms with Crippen LogP contribution in [-0.2, 0) is 0 Å². The summed E-state index contributed by atoms with van der Waals surface area (Å²) < 4.78 is 6.55. The van der Waals surface area contributed by atoms with Gasteiger partial charge in [0.05, 0.1) is 3.57 Å². The third kappa shape index (κ3) is 2.93. The second-order valence-electron chi connectivity index (χ2n) is 4.13. The van der Waals surface area contributed by atoms with E-state index in [1.807, 2.05) is 44.2 Å². The van der Waals surface area contributed by atoms with E-state index in [0.29, 0.717) is 5.56 Å². The molecule has 0 atom stereocenters. The highest BCUT2D eigenvalue weighted by Crippen LogP contribution is 2.20. The summed E-state index contributed by atoms with van der Waals surface area (Å²) in [6, 6.07) is 9.51. The quantitative estimate of drug-likeness (QED) is 0.674. The molecule has 1 N–H and O–H groups in total.